The minimum absolute atomic E-state index is 0.439. The van der Waals surface area contributed by atoms with Gasteiger partial charge < -0.3 is 5.32 Å². The first-order valence-electron chi connectivity index (χ1n) is 7.07. The van der Waals surface area contributed by atoms with E-state index in [4.69, 9.17) is 0 Å². The molecule has 1 atom stereocenters. The Morgan fingerprint density at radius 2 is 1.79 bits per heavy atom. The van der Waals surface area contributed by atoms with Gasteiger partial charge in [-0.3, -0.25) is 4.98 Å². The van der Waals surface area contributed by atoms with Crippen molar-refractivity contribution < 1.29 is 0 Å². The van der Waals surface area contributed by atoms with E-state index in [1.54, 1.807) is 0 Å². The zero-order chi connectivity index (χ0) is 13.3. The van der Waals surface area contributed by atoms with E-state index < -0.39 is 0 Å². The molecule has 0 radical (unpaired) electrons. The van der Waals surface area contributed by atoms with Crippen molar-refractivity contribution in [1.82, 2.24) is 10.3 Å². The Morgan fingerprint density at radius 1 is 1.05 bits per heavy atom. The van der Waals surface area contributed by atoms with Gasteiger partial charge in [0.1, 0.15) is 0 Å². The Bertz CT molecular complexity index is 453. The van der Waals surface area contributed by atoms with Gasteiger partial charge in [-0.15, -0.1) is 0 Å². The third kappa shape index (κ3) is 4.49. The lowest BCUT2D eigenvalue weighted by atomic mass is 10.0. The van der Waals surface area contributed by atoms with Gasteiger partial charge in [0.2, 0.25) is 0 Å². The molecule has 1 aromatic carbocycles. The number of hydrogen-bond donors (Lipinski definition) is 1. The lowest BCUT2D eigenvalue weighted by molar-refractivity contribution is 0.480. The highest BCUT2D eigenvalue weighted by Crippen LogP contribution is 2.19. The summed E-state index contributed by atoms with van der Waals surface area (Å²) < 4.78 is 0. The van der Waals surface area contributed by atoms with Crippen LogP contribution in [-0.4, -0.2) is 4.98 Å². The van der Waals surface area contributed by atoms with E-state index in [9.17, 15) is 0 Å². The van der Waals surface area contributed by atoms with E-state index in [0.29, 0.717) is 6.04 Å². The van der Waals surface area contributed by atoms with Crippen LogP contribution in [-0.2, 0) is 6.54 Å². The third-order valence-electron chi connectivity index (χ3n) is 3.35. The van der Waals surface area contributed by atoms with Crippen molar-refractivity contribution >= 4 is 0 Å². The van der Waals surface area contributed by atoms with Crippen LogP contribution in [0.5, 0.6) is 0 Å². The Labute approximate surface area is 115 Å². The standard InChI is InChI=1S/C17H22N2/c1-2-3-9-17(16-7-5-4-6-8-16)19-14-15-10-12-18-13-11-15/h4-8,10-13,17,19H,2-3,9,14H2,1H3. The van der Waals surface area contributed by atoms with Crippen LogP contribution in [0.1, 0.15) is 43.4 Å². The molecule has 0 fully saturated rings. The first-order chi connectivity index (χ1) is 9.40. The Balaban J connectivity index is 1.98. The SMILES string of the molecule is CCCCC(NCc1ccncc1)c1ccccc1. The number of rotatable bonds is 7. The topological polar surface area (TPSA) is 24.9 Å². The monoisotopic (exact) mass is 254 g/mol. The summed E-state index contributed by atoms with van der Waals surface area (Å²) in [5.41, 5.74) is 2.66. The average molecular weight is 254 g/mol. The average Bonchev–Trinajstić information content (AvgIpc) is 2.49. The molecule has 2 heteroatoms. The molecule has 1 unspecified atom stereocenters. The van der Waals surface area contributed by atoms with Crippen molar-refractivity contribution in [3.8, 4) is 0 Å². The maximum Gasteiger partial charge on any atom is 0.0323 e. The molecule has 100 valence electrons. The minimum atomic E-state index is 0.439. The van der Waals surface area contributed by atoms with Crippen LogP contribution in [0.15, 0.2) is 54.9 Å². The highest BCUT2D eigenvalue weighted by atomic mass is 14.9. The molecule has 0 saturated carbocycles. The maximum absolute atomic E-state index is 4.05. The zero-order valence-electron chi connectivity index (χ0n) is 11.5. The molecule has 0 aliphatic carbocycles. The Morgan fingerprint density at radius 3 is 2.47 bits per heavy atom. The van der Waals surface area contributed by atoms with Gasteiger partial charge >= 0.3 is 0 Å². The van der Waals surface area contributed by atoms with Crippen LogP contribution in [0, 0.1) is 0 Å². The molecule has 0 saturated heterocycles. The molecule has 1 aromatic heterocycles. The van der Waals surface area contributed by atoms with E-state index in [-0.39, 0.29) is 0 Å². The largest absolute Gasteiger partial charge is 0.306 e. The number of nitrogens with one attached hydrogen (secondary N) is 1. The molecule has 0 aliphatic rings. The molecule has 2 aromatic rings. The quantitative estimate of drug-likeness (QED) is 0.804. The molecule has 1 heterocycles. The molecule has 0 aliphatic heterocycles. The summed E-state index contributed by atoms with van der Waals surface area (Å²) in [6, 6.07) is 15.3. The number of hydrogen-bond acceptors (Lipinski definition) is 2. The van der Waals surface area contributed by atoms with E-state index in [1.165, 1.54) is 30.4 Å². The summed E-state index contributed by atoms with van der Waals surface area (Å²) >= 11 is 0. The fourth-order valence-electron chi connectivity index (χ4n) is 2.22. The fourth-order valence-corrected chi connectivity index (χ4v) is 2.22. The molecular weight excluding hydrogens is 232 g/mol. The molecule has 0 spiro atoms. The van der Waals surface area contributed by atoms with Gasteiger partial charge in [-0.2, -0.15) is 0 Å². The van der Waals surface area contributed by atoms with E-state index in [1.807, 2.05) is 12.4 Å². The summed E-state index contributed by atoms with van der Waals surface area (Å²) in [6.07, 6.45) is 7.37. The van der Waals surface area contributed by atoms with Crippen molar-refractivity contribution in [2.45, 2.75) is 38.8 Å². The number of aromatic nitrogens is 1. The number of nitrogens with zero attached hydrogens (tertiary/aromatic N) is 1. The number of pyridine rings is 1. The second kappa shape index (κ2) is 7.70. The van der Waals surface area contributed by atoms with Gasteiger partial charge in [-0.1, -0.05) is 50.1 Å². The van der Waals surface area contributed by atoms with Crippen LogP contribution in [0.2, 0.25) is 0 Å². The summed E-state index contributed by atoms with van der Waals surface area (Å²) in [5, 5.41) is 3.66. The van der Waals surface area contributed by atoms with Gasteiger partial charge in [0, 0.05) is 25.0 Å². The Hall–Kier alpha value is -1.67. The molecule has 2 nitrogen and oxygen atoms in total. The van der Waals surface area contributed by atoms with Gasteiger partial charge in [0.05, 0.1) is 0 Å². The second-order valence-electron chi connectivity index (χ2n) is 4.84. The highest BCUT2D eigenvalue weighted by Gasteiger charge is 2.09. The lowest BCUT2D eigenvalue weighted by Crippen LogP contribution is -2.20. The van der Waals surface area contributed by atoms with Gasteiger partial charge in [0.15, 0.2) is 0 Å². The van der Waals surface area contributed by atoms with Crippen LogP contribution < -0.4 is 5.32 Å². The van der Waals surface area contributed by atoms with Crippen molar-refractivity contribution in [1.29, 1.82) is 0 Å². The first kappa shape index (κ1) is 13.8. The number of benzene rings is 1. The zero-order valence-corrected chi connectivity index (χ0v) is 11.5. The van der Waals surface area contributed by atoms with Crippen LogP contribution in [0.25, 0.3) is 0 Å². The lowest BCUT2D eigenvalue weighted by Gasteiger charge is -2.19. The summed E-state index contributed by atoms with van der Waals surface area (Å²) in [5.74, 6) is 0. The Kier molecular flexibility index (Phi) is 5.57. The van der Waals surface area contributed by atoms with E-state index in [0.717, 1.165) is 6.54 Å². The predicted molar refractivity (Wildman–Crippen MR) is 79.8 cm³/mol. The second-order valence-corrected chi connectivity index (χ2v) is 4.84. The summed E-state index contributed by atoms with van der Waals surface area (Å²) in [4.78, 5) is 4.05. The highest BCUT2D eigenvalue weighted by molar-refractivity contribution is 5.19. The van der Waals surface area contributed by atoms with Crippen molar-refractivity contribution in [3.63, 3.8) is 0 Å². The molecule has 2 rings (SSSR count). The van der Waals surface area contributed by atoms with Gasteiger partial charge in [-0.25, -0.2) is 0 Å². The molecule has 1 N–H and O–H groups in total. The summed E-state index contributed by atoms with van der Waals surface area (Å²) in [7, 11) is 0. The summed E-state index contributed by atoms with van der Waals surface area (Å²) in [6.45, 7) is 3.14. The van der Waals surface area contributed by atoms with Crippen LogP contribution in [0.3, 0.4) is 0 Å². The molecule has 0 bridgehead atoms. The van der Waals surface area contributed by atoms with Crippen LogP contribution in [0.4, 0.5) is 0 Å². The van der Waals surface area contributed by atoms with Crippen molar-refractivity contribution in [2.24, 2.45) is 0 Å². The third-order valence-corrected chi connectivity index (χ3v) is 3.35. The molecular formula is C17H22N2. The number of unbranched alkanes of at least 4 members (excludes halogenated alkanes) is 1. The van der Waals surface area contributed by atoms with E-state index in [2.05, 4.69) is 59.7 Å². The van der Waals surface area contributed by atoms with Gasteiger partial charge in [0.25, 0.3) is 0 Å². The normalized spacial score (nSPS) is 12.3. The van der Waals surface area contributed by atoms with Crippen LogP contribution >= 0.6 is 0 Å². The van der Waals surface area contributed by atoms with Crippen molar-refractivity contribution in [2.75, 3.05) is 0 Å². The predicted octanol–water partition coefficient (Wildman–Crippen LogP) is 4.10. The maximum atomic E-state index is 4.05. The molecule has 0 amide bonds. The van der Waals surface area contributed by atoms with E-state index >= 15 is 0 Å². The molecule has 19 heavy (non-hydrogen) atoms. The fraction of sp³-hybridized carbons (Fsp3) is 0.353. The minimum Gasteiger partial charge on any atom is -0.306 e. The van der Waals surface area contributed by atoms with Gasteiger partial charge in [-0.05, 0) is 29.7 Å². The van der Waals surface area contributed by atoms with Crippen molar-refractivity contribution in [3.05, 3.63) is 66.0 Å². The first-order valence-corrected chi connectivity index (χ1v) is 7.07. The smallest absolute Gasteiger partial charge is 0.0323 e.